The molecule has 0 aliphatic carbocycles. The lowest BCUT2D eigenvalue weighted by Gasteiger charge is -2.14. The van der Waals surface area contributed by atoms with E-state index < -0.39 is 0 Å². The van der Waals surface area contributed by atoms with Crippen LogP contribution in [0.5, 0.6) is 0 Å². The van der Waals surface area contributed by atoms with E-state index >= 15 is 0 Å². The molecule has 0 aromatic heterocycles. The van der Waals surface area contributed by atoms with Crippen LogP contribution in [0.3, 0.4) is 0 Å². The van der Waals surface area contributed by atoms with Gasteiger partial charge in [0, 0.05) is 18.6 Å². The second kappa shape index (κ2) is 2.93. The Morgan fingerprint density at radius 1 is 1.78 bits per heavy atom. The first-order chi connectivity index (χ1) is 4.24. The fourth-order valence-corrected chi connectivity index (χ4v) is 1.65. The smallest absolute Gasteiger partial charge is 0.0590 e. The Bertz CT molecular complexity index is 101. The van der Waals surface area contributed by atoms with E-state index in [2.05, 4.69) is 9.39 Å². The van der Waals surface area contributed by atoms with Crippen molar-refractivity contribution in [3.63, 3.8) is 0 Å². The van der Waals surface area contributed by atoms with E-state index in [1.807, 2.05) is 4.67 Å². The quantitative estimate of drug-likeness (QED) is 0.477. The lowest BCUT2D eigenvalue weighted by molar-refractivity contribution is 0.220. The van der Waals surface area contributed by atoms with Crippen molar-refractivity contribution in [1.82, 2.24) is 4.67 Å². The van der Waals surface area contributed by atoms with Crippen molar-refractivity contribution in [3.05, 3.63) is 0 Å². The maximum atomic E-state index is 8.74. The third-order valence-corrected chi connectivity index (χ3v) is 2.33. The molecular weight excluding hydrogens is 135 g/mol. The molecule has 0 bridgehead atoms. The molecule has 1 unspecified atom stereocenters. The van der Waals surface area contributed by atoms with Gasteiger partial charge in [0.2, 0.25) is 0 Å². The predicted molar refractivity (Wildman–Crippen MR) is 39.9 cm³/mol. The van der Waals surface area contributed by atoms with Gasteiger partial charge in [-0.15, -0.1) is 0 Å². The second-order valence-corrected chi connectivity index (χ2v) is 3.19. The van der Waals surface area contributed by atoms with Crippen molar-refractivity contribution in [2.45, 2.75) is 18.5 Å². The van der Waals surface area contributed by atoms with Crippen LogP contribution in [-0.2, 0) is 0 Å². The standard InChI is InChI=1S/C5H13N2OP/c6-4-1-5(3-8)7(9)2-4/h4-5,8H,1-3,6,9H2/t4-,5-/m0/s1. The highest BCUT2D eigenvalue weighted by molar-refractivity contribution is 7.13. The summed E-state index contributed by atoms with van der Waals surface area (Å²) in [5.74, 6) is 0. The molecule has 0 spiro atoms. The topological polar surface area (TPSA) is 49.5 Å². The first-order valence-electron chi connectivity index (χ1n) is 3.12. The van der Waals surface area contributed by atoms with E-state index in [9.17, 15) is 0 Å². The molecule has 0 aromatic rings. The van der Waals surface area contributed by atoms with Crippen molar-refractivity contribution in [2.75, 3.05) is 13.2 Å². The van der Waals surface area contributed by atoms with E-state index in [0.717, 1.165) is 13.0 Å². The minimum absolute atomic E-state index is 0.219. The molecule has 1 aliphatic rings. The highest BCUT2D eigenvalue weighted by atomic mass is 31.0. The van der Waals surface area contributed by atoms with Gasteiger partial charge in [-0.25, -0.2) is 0 Å². The van der Waals surface area contributed by atoms with Crippen LogP contribution in [0.4, 0.5) is 0 Å². The van der Waals surface area contributed by atoms with Gasteiger partial charge in [0.1, 0.15) is 0 Å². The molecule has 3 nitrogen and oxygen atoms in total. The molecule has 3 atom stereocenters. The number of hydrogen-bond donors (Lipinski definition) is 2. The molecule has 1 rings (SSSR count). The first kappa shape index (κ1) is 7.42. The zero-order valence-electron chi connectivity index (χ0n) is 5.33. The van der Waals surface area contributed by atoms with E-state index in [1.165, 1.54) is 0 Å². The van der Waals surface area contributed by atoms with E-state index in [4.69, 9.17) is 10.8 Å². The average molecular weight is 148 g/mol. The molecule has 1 heterocycles. The van der Waals surface area contributed by atoms with Gasteiger partial charge in [0.05, 0.1) is 6.61 Å². The largest absolute Gasteiger partial charge is 0.395 e. The van der Waals surface area contributed by atoms with Crippen molar-refractivity contribution in [1.29, 1.82) is 0 Å². The maximum absolute atomic E-state index is 8.74. The summed E-state index contributed by atoms with van der Waals surface area (Å²) in [7, 11) is 2.57. The van der Waals surface area contributed by atoms with Gasteiger partial charge in [-0.2, -0.15) is 0 Å². The van der Waals surface area contributed by atoms with Crippen molar-refractivity contribution < 1.29 is 5.11 Å². The lowest BCUT2D eigenvalue weighted by Crippen LogP contribution is -2.23. The number of aliphatic hydroxyl groups excluding tert-OH is 1. The zero-order valence-corrected chi connectivity index (χ0v) is 6.48. The Morgan fingerprint density at radius 3 is 2.67 bits per heavy atom. The molecule has 54 valence electrons. The summed E-state index contributed by atoms with van der Waals surface area (Å²) in [5.41, 5.74) is 5.62. The fraction of sp³-hybridized carbons (Fsp3) is 1.00. The third kappa shape index (κ3) is 1.62. The van der Waals surface area contributed by atoms with Gasteiger partial charge in [-0.3, -0.25) is 4.67 Å². The van der Waals surface area contributed by atoms with Crippen molar-refractivity contribution in [3.8, 4) is 0 Å². The number of hydrogen-bond acceptors (Lipinski definition) is 3. The van der Waals surface area contributed by atoms with E-state index in [0.29, 0.717) is 0 Å². The van der Waals surface area contributed by atoms with E-state index in [-0.39, 0.29) is 18.7 Å². The lowest BCUT2D eigenvalue weighted by atomic mass is 10.2. The Kier molecular flexibility index (Phi) is 2.42. The molecule has 0 radical (unpaired) electrons. The molecule has 1 fully saturated rings. The number of aliphatic hydroxyl groups is 1. The zero-order chi connectivity index (χ0) is 6.85. The monoisotopic (exact) mass is 148 g/mol. The fourth-order valence-electron chi connectivity index (χ4n) is 1.16. The number of nitrogens with two attached hydrogens (primary N) is 1. The van der Waals surface area contributed by atoms with Crippen LogP contribution in [0.2, 0.25) is 0 Å². The van der Waals surface area contributed by atoms with Gasteiger partial charge in [-0.1, -0.05) is 9.39 Å². The highest BCUT2D eigenvalue weighted by Crippen LogP contribution is 2.19. The molecule has 0 amide bonds. The summed E-state index contributed by atoms with van der Waals surface area (Å²) in [5, 5.41) is 8.74. The van der Waals surface area contributed by atoms with Gasteiger partial charge < -0.3 is 10.8 Å². The summed E-state index contributed by atoms with van der Waals surface area (Å²) in [6, 6.07) is 0.518. The summed E-state index contributed by atoms with van der Waals surface area (Å²) >= 11 is 0. The second-order valence-electron chi connectivity index (χ2n) is 2.53. The molecule has 4 heteroatoms. The van der Waals surface area contributed by atoms with Crippen LogP contribution in [0.25, 0.3) is 0 Å². The van der Waals surface area contributed by atoms with Gasteiger partial charge >= 0.3 is 0 Å². The maximum Gasteiger partial charge on any atom is 0.0590 e. The molecule has 3 N–H and O–H groups in total. The van der Waals surface area contributed by atoms with Gasteiger partial charge in [0.25, 0.3) is 0 Å². The van der Waals surface area contributed by atoms with E-state index in [1.54, 1.807) is 0 Å². The van der Waals surface area contributed by atoms with Crippen LogP contribution in [0, 0.1) is 0 Å². The third-order valence-electron chi connectivity index (χ3n) is 1.70. The molecule has 0 saturated carbocycles. The summed E-state index contributed by atoms with van der Waals surface area (Å²) in [4.78, 5) is 0. The molecule has 1 saturated heterocycles. The van der Waals surface area contributed by atoms with Gasteiger partial charge in [0.15, 0.2) is 0 Å². The normalized spacial score (nSPS) is 37.7. The molecule has 9 heavy (non-hydrogen) atoms. The first-order valence-corrected chi connectivity index (χ1v) is 3.63. The van der Waals surface area contributed by atoms with Crippen LogP contribution in [0.15, 0.2) is 0 Å². The SMILES string of the molecule is N[C@H]1C[C@@H](CO)N(P)C1. The summed E-state index contributed by atoms with van der Waals surface area (Å²) in [6.07, 6.45) is 0.917. The van der Waals surface area contributed by atoms with Gasteiger partial charge in [-0.05, 0) is 6.42 Å². The van der Waals surface area contributed by atoms with Crippen LogP contribution < -0.4 is 5.73 Å². The minimum Gasteiger partial charge on any atom is -0.395 e. The Labute approximate surface area is 57.5 Å². The van der Waals surface area contributed by atoms with Crippen LogP contribution >= 0.6 is 9.39 Å². The highest BCUT2D eigenvalue weighted by Gasteiger charge is 2.25. The predicted octanol–water partition coefficient (Wildman–Crippen LogP) is -0.830. The number of rotatable bonds is 1. The van der Waals surface area contributed by atoms with Crippen LogP contribution in [-0.4, -0.2) is 35.0 Å². The molecule has 1 aliphatic heterocycles. The van der Waals surface area contributed by atoms with Crippen molar-refractivity contribution in [2.24, 2.45) is 5.73 Å². The summed E-state index contributed by atoms with van der Waals surface area (Å²) in [6.45, 7) is 1.10. The number of nitrogens with zero attached hydrogens (tertiary/aromatic N) is 1. The van der Waals surface area contributed by atoms with Crippen molar-refractivity contribution >= 4 is 9.39 Å². The Balaban J connectivity index is 2.38. The molecular formula is C5H13N2OP. The van der Waals surface area contributed by atoms with Crippen LogP contribution in [0.1, 0.15) is 6.42 Å². The average Bonchev–Trinajstić information content (AvgIpc) is 2.10. The molecule has 0 aromatic carbocycles. The Morgan fingerprint density at radius 2 is 2.44 bits per heavy atom. The summed E-state index contributed by atoms with van der Waals surface area (Å²) < 4.78 is 2.02. The Hall–Kier alpha value is 0.310. The minimum atomic E-state index is 0.219.